The first-order valence-corrected chi connectivity index (χ1v) is 4.37. The lowest BCUT2D eigenvalue weighted by Gasteiger charge is -2.06. The van der Waals surface area contributed by atoms with Gasteiger partial charge in [-0.05, 0) is 6.07 Å². The maximum absolute atomic E-state index is 5.68. The predicted molar refractivity (Wildman–Crippen MR) is 55.2 cm³/mol. The van der Waals surface area contributed by atoms with E-state index in [2.05, 4.69) is 15.2 Å². The maximum atomic E-state index is 5.68. The number of hydrogen-bond acceptors (Lipinski definition) is 5. The van der Waals surface area contributed by atoms with Crippen molar-refractivity contribution >= 4 is 5.82 Å². The van der Waals surface area contributed by atoms with Crippen LogP contribution in [0.1, 0.15) is 0 Å². The fourth-order valence-electron chi connectivity index (χ4n) is 1.35. The number of rotatable bonds is 2. The zero-order valence-electron chi connectivity index (χ0n) is 8.51. The Morgan fingerprint density at radius 1 is 1.47 bits per heavy atom. The van der Waals surface area contributed by atoms with Gasteiger partial charge in [-0.1, -0.05) is 0 Å². The van der Waals surface area contributed by atoms with Gasteiger partial charge in [-0.15, -0.1) is 0 Å². The molecule has 2 aromatic heterocycles. The van der Waals surface area contributed by atoms with E-state index in [-0.39, 0.29) is 0 Å². The molecule has 0 aliphatic carbocycles. The van der Waals surface area contributed by atoms with E-state index in [1.807, 2.05) is 0 Å². The summed E-state index contributed by atoms with van der Waals surface area (Å²) in [6.07, 6.45) is 3.26. The van der Waals surface area contributed by atoms with Gasteiger partial charge in [-0.2, -0.15) is 15.0 Å². The van der Waals surface area contributed by atoms with Crippen molar-refractivity contribution in [1.29, 1.82) is 0 Å². The number of nitrogens with zero attached hydrogens (tertiary/aromatic N) is 4. The molecular formula is C9H11N5O. The highest BCUT2D eigenvalue weighted by molar-refractivity contribution is 5.71. The van der Waals surface area contributed by atoms with Crippen molar-refractivity contribution in [2.24, 2.45) is 7.05 Å². The number of methoxy groups -OCH3 is 1. The Morgan fingerprint density at radius 2 is 2.27 bits per heavy atom. The summed E-state index contributed by atoms with van der Waals surface area (Å²) in [5.41, 5.74) is 7.19. The van der Waals surface area contributed by atoms with Crippen molar-refractivity contribution in [2.45, 2.75) is 0 Å². The van der Waals surface area contributed by atoms with Crippen molar-refractivity contribution in [3.8, 4) is 17.0 Å². The Balaban J connectivity index is 2.57. The number of aryl methyl sites for hydroxylation is 1. The summed E-state index contributed by atoms with van der Waals surface area (Å²) in [6, 6.07) is 1.79. The zero-order valence-corrected chi connectivity index (χ0v) is 8.51. The molecule has 0 saturated carbocycles. The molecule has 0 unspecified atom stereocenters. The number of nitrogen functional groups attached to an aromatic ring is 1. The Morgan fingerprint density at radius 3 is 2.87 bits per heavy atom. The molecule has 0 aromatic carbocycles. The first kappa shape index (κ1) is 9.45. The molecule has 0 radical (unpaired) electrons. The Labute approximate surface area is 86.7 Å². The number of aromatic nitrogens is 4. The van der Waals surface area contributed by atoms with Gasteiger partial charge in [0.2, 0.25) is 0 Å². The van der Waals surface area contributed by atoms with Gasteiger partial charge in [-0.3, -0.25) is 0 Å². The van der Waals surface area contributed by atoms with Gasteiger partial charge in [0.25, 0.3) is 0 Å². The predicted octanol–water partition coefficient (Wildman–Crippen LogP) is 0.468. The molecule has 0 bridgehead atoms. The van der Waals surface area contributed by atoms with Crippen LogP contribution in [0, 0.1) is 0 Å². The number of nitrogens with two attached hydrogens (primary N) is 1. The number of hydrogen-bond donors (Lipinski definition) is 1. The minimum atomic E-state index is 0.348. The summed E-state index contributed by atoms with van der Waals surface area (Å²) in [5.74, 6) is 0.874. The van der Waals surface area contributed by atoms with E-state index in [0.717, 1.165) is 5.56 Å². The van der Waals surface area contributed by atoms with E-state index in [9.17, 15) is 0 Å². The van der Waals surface area contributed by atoms with Crippen LogP contribution in [0.2, 0.25) is 0 Å². The van der Waals surface area contributed by atoms with Gasteiger partial charge in [0.15, 0.2) is 11.6 Å². The first-order valence-electron chi connectivity index (χ1n) is 4.37. The second-order valence-corrected chi connectivity index (χ2v) is 3.00. The van der Waals surface area contributed by atoms with Crippen LogP contribution in [-0.4, -0.2) is 27.1 Å². The van der Waals surface area contributed by atoms with Crippen LogP contribution in [-0.2, 0) is 7.05 Å². The largest absolute Gasteiger partial charge is 0.492 e. The van der Waals surface area contributed by atoms with Crippen LogP contribution in [0.4, 0.5) is 5.82 Å². The van der Waals surface area contributed by atoms with Crippen LogP contribution in [0.5, 0.6) is 5.75 Å². The quantitative estimate of drug-likeness (QED) is 0.770. The molecule has 0 spiro atoms. The lowest BCUT2D eigenvalue weighted by Crippen LogP contribution is -1.98. The van der Waals surface area contributed by atoms with Crippen LogP contribution >= 0.6 is 0 Å². The SMILES string of the molecule is COc1c(-c2cnn(C)n2)ccnc1N. The Hall–Kier alpha value is -2.11. The molecule has 0 amide bonds. The van der Waals surface area contributed by atoms with Gasteiger partial charge in [0.1, 0.15) is 5.69 Å². The minimum absolute atomic E-state index is 0.348. The fourth-order valence-corrected chi connectivity index (χ4v) is 1.35. The van der Waals surface area contributed by atoms with Crippen molar-refractivity contribution in [3.63, 3.8) is 0 Å². The molecule has 2 aromatic rings. The van der Waals surface area contributed by atoms with E-state index in [4.69, 9.17) is 10.5 Å². The molecule has 6 nitrogen and oxygen atoms in total. The monoisotopic (exact) mass is 205 g/mol. The summed E-state index contributed by atoms with van der Waals surface area (Å²) in [4.78, 5) is 5.42. The average Bonchev–Trinajstić information content (AvgIpc) is 2.64. The molecule has 0 fully saturated rings. The highest BCUT2D eigenvalue weighted by Gasteiger charge is 2.12. The third-order valence-corrected chi connectivity index (χ3v) is 2.01. The van der Waals surface area contributed by atoms with E-state index in [1.54, 1.807) is 32.6 Å². The van der Waals surface area contributed by atoms with Gasteiger partial charge in [0.05, 0.1) is 18.9 Å². The van der Waals surface area contributed by atoms with E-state index < -0.39 is 0 Å². The van der Waals surface area contributed by atoms with Crippen molar-refractivity contribution in [1.82, 2.24) is 20.0 Å². The van der Waals surface area contributed by atoms with E-state index >= 15 is 0 Å². The Bertz CT molecular complexity index is 479. The third-order valence-electron chi connectivity index (χ3n) is 2.01. The Kier molecular flexibility index (Phi) is 2.24. The van der Waals surface area contributed by atoms with Crippen LogP contribution in [0.3, 0.4) is 0 Å². The molecule has 6 heteroatoms. The summed E-state index contributed by atoms with van der Waals surface area (Å²) in [6.45, 7) is 0. The number of ether oxygens (including phenoxy) is 1. The smallest absolute Gasteiger partial charge is 0.170 e. The van der Waals surface area contributed by atoms with Crippen LogP contribution in [0.15, 0.2) is 18.5 Å². The van der Waals surface area contributed by atoms with Crippen LogP contribution in [0.25, 0.3) is 11.3 Å². The van der Waals surface area contributed by atoms with E-state index in [0.29, 0.717) is 17.3 Å². The second-order valence-electron chi connectivity index (χ2n) is 3.00. The molecule has 2 heterocycles. The van der Waals surface area contributed by atoms with Gasteiger partial charge in [-0.25, -0.2) is 4.98 Å². The fraction of sp³-hybridized carbons (Fsp3) is 0.222. The summed E-state index contributed by atoms with van der Waals surface area (Å²) in [5, 5.41) is 8.16. The topological polar surface area (TPSA) is 78.8 Å². The van der Waals surface area contributed by atoms with Crippen LogP contribution < -0.4 is 10.5 Å². The molecule has 2 N–H and O–H groups in total. The number of pyridine rings is 1. The molecule has 15 heavy (non-hydrogen) atoms. The zero-order chi connectivity index (χ0) is 10.8. The van der Waals surface area contributed by atoms with Crippen molar-refractivity contribution < 1.29 is 4.74 Å². The highest BCUT2D eigenvalue weighted by atomic mass is 16.5. The first-order chi connectivity index (χ1) is 7.22. The molecule has 78 valence electrons. The minimum Gasteiger partial charge on any atom is -0.492 e. The normalized spacial score (nSPS) is 10.3. The lowest BCUT2D eigenvalue weighted by atomic mass is 10.2. The molecular weight excluding hydrogens is 194 g/mol. The average molecular weight is 205 g/mol. The summed E-state index contributed by atoms with van der Waals surface area (Å²) >= 11 is 0. The summed E-state index contributed by atoms with van der Waals surface area (Å²) < 4.78 is 5.18. The molecule has 2 rings (SSSR count). The van der Waals surface area contributed by atoms with E-state index in [1.165, 1.54) is 4.80 Å². The molecule has 0 atom stereocenters. The molecule has 0 aliphatic rings. The van der Waals surface area contributed by atoms with Gasteiger partial charge >= 0.3 is 0 Å². The lowest BCUT2D eigenvalue weighted by molar-refractivity contribution is 0.417. The molecule has 0 aliphatic heterocycles. The third kappa shape index (κ3) is 1.61. The van der Waals surface area contributed by atoms with Crippen molar-refractivity contribution in [2.75, 3.05) is 12.8 Å². The maximum Gasteiger partial charge on any atom is 0.170 e. The summed E-state index contributed by atoms with van der Waals surface area (Å²) in [7, 11) is 3.30. The van der Waals surface area contributed by atoms with Crippen molar-refractivity contribution in [3.05, 3.63) is 18.5 Å². The van der Waals surface area contributed by atoms with Gasteiger partial charge in [0, 0.05) is 13.2 Å². The second kappa shape index (κ2) is 3.56. The number of anilines is 1. The molecule has 0 saturated heterocycles. The highest BCUT2D eigenvalue weighted by Crippen LogP contribution is 2.31. The van der Waals surface area contributed by atoms with Gasteiger partial charge < -0.3 is 10.5 Å². The standard InChI is InChI=1S/C9H11N5O/c1-14-12-5-7(13-14)6-3-4-11-9(10)8(6)15-2/h3-5H,1-2H3,(H2,10,11).